The van der Waals surface area contributed by atoms with Gasteiger partial charge < -0.3 is 9.84 Å². The van der Waals surface area contributed by atoms with Crippen LogP contribution in [0.1, 0.15) is 38.3 Å². The van der Waals surface area contributed by atoms with Gasteiger partial charge in [-0.2, -0.15) is 5.26 Å². The van der Waals surface area contributed by atoms with E-state index in [9.17, 15) is 4.79 Å². The molecule has 0 heterocycles. The van der Waals surface area contributed by atoms with Gasteiger partial charge in [0.05, 0.1) is 0 Å². The highest BCUT2D eigenvalue weighted by Gasteiger charge is 2.17. The molecule has 0 fully saturated rings. The quantitative estimate of drug-likeness (QED) is 0.585. The van der Waals surface area contributed by atoms with E-state index >= 15 is 0 Å². The SMILES string of the molecule is CCC(C)(C)c1ccc(Oc2ccc(C=C(C#N)C(=O)O)cc2)cc1. The van der Waals surface area contributed by atoms with Crippen LogP contribution in [0, 0.1) is 11.3 Å². The van der Waals surface area contributed by atoms with Gasteiger partial charge in [-0.3, -0.25) is 0 Å². The predicted molar refractivity (Wildman–Crippen MR) is 97.5 cm³/mol. The lowest BCUT2D eigenvalue weighted by Gasteiger charge is -2.23. The summed E-state index contributed by atoms with van der Waals surface area (Å²) in [6, 6.07) is 16.6. The number of nitriles is 1. The van der Waals surface area contributed by atoms with Crippen LogP contribution in [0.3, 0.4) is 0 Å². The van der Waals surface area contributed by atoms with Gasteiger partial charge in [0.25, 0.3) is 0 Å². The van der Waals surface area contributed by atoms with Crippen molar-refractivity contribution in [2.24, 2.45) is 0 Å². The van der Waals surface area contributed by atoms with Crippen molar-refractivity contribution in [1.29, 1.82) is 5.26 Å². The molecular formula is C21H21NO3. The Kier molecular flexibility index (Phi) is 5.61. The Morgan fingerprint density at radius 1 is 1.12 bits per heavy atom. The van der Waals surface area contributed by atoms with Gasteiger partial charge in [0.15, 0.2) is 0 Å². The molecule has 2 rings (SSSR count). The molecule has 0 atom stereocenters. The lowest BCUT2D eigenvalue weighted by molar-refractivity contribution is -0.132. The number of rotatable bonds is 6. The van der Waals surface area contributed by atoms with Gasteiger partial charge in [-0.05, 0) is 53.3 Å². The number of aliphatic carboxylic acids is 1. The number of carboxylic acid groups (broad SMARTS) is 1. The standard InChI is InChI=1S/C21H21NO3/c1-4-21(2,3)17-7-11-19(12-8-17)25-18-9-5-15(6-10-18)13-16(14-22)20(23)24/h5-13H,4H2,1-3H3,(H,23,24). The van der Waals surface area contributed by atoms with E-state index in [-0.39, 0.29) is 11.0 Å². The van der Waals surface area contributed by atoms with E-state index in [1.807, 2.05) is 12.1 Å². The molecule has 0 aromatic heterocycles. The molecule has 0 aliphatic carbocycles. The molecule has 0 aliphatic rings. The van der Waals surface area contributed by atoms with Crippen molar-refractivity contribution in [2.75, 3.05) is 0 Å². The highest BCUT2D eigenvalue weighted by atomic mass is 16.5. The Hall–Kier alpha value is -3.06. The summed E-state index contributed by atoms with van der Waals surface area (Å²) < 4.78 is 5.81. The van der Waals surface area contributed by atoms with E-state index < -0.39 is 5.97 Å². The Morgan fingerprint density at radius 2 is 1.64 bits per heavy atom. The lowest BCUT2D eigenvalue weighted by Crippen LogP contribution is -2.14. The average molecular weight is 335 g/mol. The number of carboxylic acids is 1. The first-order valence-electron chi connectivity index (χ1n) is 8.09. The van der Waals surface area contributed by atoms with Crippen LogP contribution in [0.4, 0.5) is 0 Å². The molecule has 2 aromatic rings. The third-order valence-corrected chi connectivity index (χ3v) is 4.30. The zero-order chi connectivity index (χ0) is 18.4. The van der Waals surface area contributed by atoms with E-state index in [2.05, 4.69) is 32.9 Å². The summed E-state index contributed by atoms with van der Waals surface area (Å²) in [6.45, 7) is 6.59. The molecule has 0 spiro atoms. The maximum atomic E-state index is 10.8. The lowest BCUT2D eigenvalue weighted by atomic mass is 9.82. The number of hydrogen-bond acceptors (Lipinski definition) is 3. The predicted octanol–water partition coefficient (Wildman–Crippen LogP) is 5.16. The zero-order valence-corrected chi connectivity index (χ0v) is 14.6. The maximum absolute atomic E-state index is 10.8. The molecule has 0 unspecified atom stereocenters. The molecule has 2 aromatic carbocycles. The van der Waals surface area contributed by atoms with Crippen LogP contribution >= 0.6 is 0 Å². The Morgan fingerprint density at radius 3 is 2.08 bits per heavy atom. The minimum Gasteiger partial charge on any atom is -0.477 e. The first kappa shape index (κ1) is 18.3. The van der Waals surface area contributed by atoms with Crippen LogP contribution in [0.5, 0.6) is 11.5 Å². The van der Waals surface area contributed by atoms with Crippen LogP contribution in [0.15, 0.2) is 54.1 Å². The van der Waals surface area contributed by atoms with Crippen LogP contribution < -0.4 is 4.74 Å². The summed E-state index contributed by atoms with van der Waals surface area (Å²) in [5.74, 6) is 0.147. The summed E-state index contributed by atoms with van der Waals surface area (Å²) in [5.41, 5.74) is 1.73. The van der Waals surface area contributed by atoms with Crippen LogP contribution in [-0.4, -0.2) is 11.1 Å². The second-order valence-electron chi connectivity index (χ2n) is 6.41. The molecule has 0 radical (unpaired) electrons. The molecule has 128 valence electrons. The number of hydrogen-bond donors (Lipinski definition) is 1. The van der Waals surface area contributed by atoms with Gasteiger partial charge >= 0.3 is 5.97 Å². The Bertz CT molecular complexity index is 810. The van der Waals surface area contributed by atoms with Crippen molar-refractivity contribution in [3.8, 4) is 17.6 Å². The Balaban J connectivity index is 2.12. The van der Waals surface area contributed by atoms with Gasteiger partial charge in [-0.1, -0.05) is 45.0 Å². The molecule has 1 N–H and O–H groups in total. The van der Waals surface area contributed by atoms with Gasteiger partial charge in [-0.15, -0.1) is 0 Å². The van der Waals surface area contributed by atoms with Crippen molar-refractivity contribution in [1.82, 2.24) is 0 Å². The largest absolute Gasteiger partial charge is 0.477 e. The number of ether oxygens (including phenoxy) is 1. The molecule has 4 heteroatoms. The fourth-order valence-corrected chi connectivity index (χ4v) is 2.25. The molecule has 0 saturated carbocycles. The second-order valence-corrected chi connectivity index (χ2v) is 6.41. The van der Waals surface area contributed by atoms with E-state index in [1.54, 1.807) is 30.3 Å². The van der Waals surface area contributed by atoms with Gasteiger partial charge in [0, 0.05) is 0 Å². The number of carbonyl (C=O) groups is 1. The van der Waals surface area contributed by atoms with Gasteiger partial charge in [0.2, 0.25) is 0 Å². The first-order chi connectivity index (χ1) is 11.9. The minimum atomic E-state index is -1.24. The monoisotopic (exact) mass is 335 g/mol. The van der Waals surface area contributed by atoms with Gasteiger partial charge in [0.1, 0.15) is 23.1 Å². The van der Waals surface area contributed by atoms with Crippen molar-refractivity contribution in [2.45, 2.75) is 32.6 Å². The summed E-state index contributed by atoms with van der Waals surface area (Å²) in [4.78, 5) is 10.8. The molecule has 0 bridgehead atoms. The zero-order valence-electron chi connectivity index (χ0n) is 14.6. The smallest absolute Gasteiger partial charge is 0.346 e. The fraction of sp³-hybridized carbons (Fsp3) is 0.238. The molecule has 0 aliphatic heterocycles. The average Bonchev–Trinajstić information content (AvgIpc) is 2.61. The molecular weight excluding hydrogens is 314 g/mol. The van der Waals surface area contributed by atoms with Crippen molar-refractivity contribution < 1.29 is 14.6 Å². The number of nitrogens with zero attached hydrogens (tertiary/aromatic N) is 1. The minimum absolute atomic E-state index is 0.134. The molecule has 4 nitrogen and oxygen atoms in total. The maximum Gasteiger partial charge on any atom is 0.346 e. The van der Waals surface area contributed by atoms with Crippen LogP contribution in [-0.2, 0) is 10.2 Å². The molecule has 25 heavy (non-hydrogen) atoms. The molecule has 0 amide bonds. The third kappa shape index (κ3) is 4.71. The fourth-order valence-electron chi connectivity index (χ4n) is 2.25. The third-order valence-electron chi connectivity index (χ3n) is 4.30. The summed E-state index contributed by atoms with van der Waals surface area (Å²) in [5, 5.41) is 17.6. The van der Waals surface area contributed by atoms with E-state index in [0.717, 1.165) is 12.2 Å². The van der Waals surface area contributed by atoms with Crippen LogP contribution in [0.25, 0.3) is 6.08 Å². The Labute approximate surface area is 148 Å². The van der Waals surface area contributed by atoms with Gasteiger partial charge in [-0.25, -0.2) is 4.79 Å². The van der Waals surface area contributed by atoms with E-state index in [1.165, 1.54) is 11.6 Å². The van der Waals surface area contributed by atoms with Crippen molar-refractivity contribution in [3.05, 3.63) is 65.2 Å². The summed E-state index contributed by atoms with van der Waals surface area (Å²) in [7, 11) is 0. The van der Waals surface area contributed by atoms with Crippen molar-refractivity contribution in [3.63, 3.8) is 0 Å². The second kappa shape index (κ2) is 7.67. The highest BCUT2D eigenvalue weighted by Crippen LogP contribution is 2.29. The molecule has 0 saturated heterocycles. The first-order valence-corrected chi connectivity index (χ1v) is 8.09. The summed E-state index contributed by atoms with van der Waals surface area (Å²) in [6.07, 6.45) is 2.39. The highest BCUT2D eigenvalue weighted by molar-refractivity contribution is 5.96. The van der Waals surface area contributed by atoms with E-state index in [4.69, 9.17) is 15.1 Å². The topological polar surface area (TPSA) is 70.3 Å². The normalized spacial score (nSPS) is 11.7. The summed E-state index contributed by atoms with van der Waals surface area (Å²) >= 11 is 0. The van der Waals surface area contributed by atoms with Crippen LogP contribution in [0.2, 0.25) is 0 Å². The van der Waals surface area contributed by atoms with Crippen molar-refractivity contribution >= 4 is 12.0 Å². The van der Waals surface area contributed by atoms with E-state index in [0.29, 0.717) is 11.3 Å². The number of benzene rings is 2.